The van der Waals surface area contributed by atoms with Gasteiger partial charge in [-0.05, 0) is 18.6 Å². The first-order chi connectivity index (χ1) is 9.90. The number of nitrogens with zero attached hydrogens (tertiary/aromatic N) is 1. The third kappa shape index (κ3) is 1.59. The van der Waals surface area contributed by atoms with Gasteiger partial charge in [-0.1, -0.05) is 42.5 Å². The van der Waals surface area contributed by atoms with E-state index in [1.807, 2.05) is 23.4 Å². The topological polar surface area (TPSA) is 14.2 Å². The highest BCUT2D eigenvalue weighted by Gasteiger charge is 2.25. The maximum absolute atomic E-state index is 5.92. The summed E-state index contributed by atoms with van der Waals surface area (Å²) >= 11 is 1.91. The zero-order valence-corrected chi connectivity index (χ0v) is 12.1. The molecule has 1 aromatic heterocycles. The highest BCUT2D eigenvalue weighted by atomic mass is 32.2. The number of rotatable bonds is 2. The molecular weight excluding hydrogens is 266 g/mol. The molecule has 0 fully saturated rings. The molecule has 0 saturated carbocycles. The zero-order valence-electron chi connectivity index (χ0n) is 11.3. The standard InChI is InChI=1S/C17H15NOS/c1-2-19-18-15-10-6-5-9-14(15)17-16(18)13-8-4-3-7-12(13)11-20-17/h3-10H,2,11H2,1H3. The minimum Gasteiger partial charge on any atom is -0.413 e. The molecule has 0 amide bonds. The van der Waals surface area contributed by atoms with Gasteiger partial charge in [0.05, 0.1) is 5.52 Å². The molecule has 0 aliphatic carbocycles. The Labute approximate surface area is 122 Å². The van der Waals surface area contributed by atoms with E-state index in [1.165, 1.54) is 27.1 Å². The summed E-state index contributed by atoms with van der Waals surface area (Å²) in [5, 5.41) is 1.29. The van der Waals surface area contributed by atoms with Crippen molar-refractivity contribution in [3.63, 3.8) is 0 Å². The lowest BCUT2D eigenvalue weighted by molar-refractivity contribution is 0.135. The summed E-state index contributed by atoms with van der Waals surface area (Å²) in [5.74, 6) is 1.03. The first-order valence-corrected chi connectivity index (χ1v) is 7.86. The SMILES string of the molecule is CCOn1c2c(c3ccccc31)SCc1ccccc1-2. The minimum atomic E-state index is 0.665. The second-order valence-electron chi connectivity index (χ2n) is 4.85. The summed E-state index contributed by atoms with van der Waals surface area (Å²) in [7, 11) is 0. The van der Waals surface area contributed by atoms with Crippen LogP contribution in [0.3, 0.4) is 0 Å². The van der Waals surface area contributed by atoms with Gasteiger partial charge in [0.25, 0.3) is 0 Å². The molecule has 0 saturated heterocycles. The van der Waals surface area contributed by atoms with Gasteiger partial charge in [0.2, 0.25) is 0 Å². The lowest BCUT2D eigenvalue weighted by Crippen LogP contribution is -2.13. The van der Waals surface area contributed by atoms with E-state index < -0.39 is 0 Å². The summed E-state index contributed by atoms with van der Waals surface area (Å²) in [6, 6.07) is 17.1. The maximum Gasteiger partial charge on any atom is 0.112 e. The number of para-hydroxylation sites is 1. The number of fused-ring (bicyclic) bond motifs is 5. The van der Waals surface area contributed by atoms with Crippen LogP contribution in [0.15, 0.2) is 53.4 Å². The van der Waals surface area contributed by atoms with Crippen molar-refractivity contribution in [3.8, 4) is 11.3 Å². The third-order valence-corrected chi connectivity index (χ3v) is 4.85. The van der Waals surface area contributed by atoms with Crippen LogP contribution in [0.1, 0.15) is 12.5 Å². The molecule has 0 bridgehead atoms. The van der Waals surface area contributed by atoms with Gasteiger partial charge in [-0.25, -0.2) is 0 Å². The molecule has 1 aliphatic rings. The van der Waals surface area contributed by atoms with Crippen molar-refractivity contribution in [2.75, 3.05) is 6.61 Å². The van der Waals surface area contributed by atoms with Crippen molar-refractivity contribution in [2.24, 2.45) is 0 Å². The second-order valence-corrected chi connectivity index (χ2v) is 5.84. The lowest BCUT2D eigenvalue weighted by Gasteiger charge is -2.18. The second kappa shape index (κ2) is 4.60. The molecule has 20 heavy (non-hydrogen) atoms. The lowest BCUT2D eigenvalue weighted by atomic mass is 10.1. The molecule has 3 heteroatoms. The third-order valence-electron chi connectivity index (χ3n) is 3.69. The first kappa shape index (κ1) is 11.9. The Morgan fingerprint density at radius 1 is 1.10 bits per heavy atom. The van der Waals surface area contributed by atoms with E-state index >= 15 is 0 Å². The van der Waals surface area contributed by atoms with E-state index in [-0.39, 0.29) is 0 Å². The van der Waals surface area contributed by atoms with Crippen LogP contribution >= 0.6 is 11.8 Å². The van der Waals surface area contributed by atoms with Crippen LogP contribution in [0.2, 0.25) is 0 Å². The van der Waals surface area contributed by atoms with Crippen LogP contribution < -0.4 is 4.84 Å². The highest BCUT2D eigenvalue weighted by Crippen LogP contribution is 2.46. The predicted octanol–water partition coefficient (Wildman–Crippen LogP) is 4.36. The van der Waals surface area contributed by atoms with Gasteiger partial charge in [0, 0.05) is 21.6 Å². The number of benzene rings is 2. The average molecular weight is 281 g/mol. The number of thioether (sulfide) groups is 1. The molecule has 0 unspecified atom stereocenters. The summed E-state index contributed by atoms with van der Waals surface area (Å²) in [6.07, 6.45) is 0. The summed E-state index contributed by atoms with van der Waals surface area (Å²) in [5.41, 5.74) is 5.04. The van der Waals surface area contributed by atoms with Gasteiger partial charge in [-0.15, -0.1) is 11.8 Å². The molecule has 3 aromatic rings. The average Bonchev–Trinajstić information content (AvgIpc) is 2.83. The molecule has 100 valence electrons. The zero-order chi connectivity index (χ0) is 13.5. The molecular formula is C17H15NOS. The maximum atomic E-state index is 5.92. The van der Waals surface area contributed by atoms with E-state index in [2.05, 4.69) is 48.5 Å². The molecule has 1 aliphatic heterocycles. The number of hydrogen-bond donors (Lipinski definition) is 0. The van der Waals surface area contributed by atoms with Crippen molar-refractivity contribution >= 4 is 22.7 Å². The van der Waals surface area contributed by atoms with E-state index in [9.17, 15) is 0 Å². The van der Waals surface area contributed by atoms with Crippen LogP contribution in [0, 0.1) is 0 Å². The van der Waals surface area contributed by atoms with E-state index in [1.54, 1.807) is 0 Å². The van der Waals surface area contributed by atoms with Crippen LogP contribution in [-0.4, -0.2) is 11.3 Å². The van der Waals surface area contributed by atoms with Crippen molar-refractivity contribution in [3.05, 3.63) is 54.1 Å². The molecule has 2 nitrogen and oxygen atoms in total. The van der Waals surface area contributed by atoms with Gasteiger partial charge in [-0.3, -0.25) is 0 Å². The smallest absolute Gasteiger partial charge is 0.112 e. The number of aromatic nitrogens is 1. The van der Waals surface area contributed by atoms with Gasteiger partial charge in [0.1, 0.15) is 12.3 Å². The Balaban J connectivity index is 2.10. The van der Waals surface area contributed by atoms with Gasteiger partial charge in [0.15, 0.2) is 0 Å². The van der Waals surface area contributed by atoms with E-state index in [0.29, 0.717) is 6.61 Å². The van der Waals surface area contributed by atoms with Gasteiger partial charge < -0.3 is 4.84 Å². The normalized spacial score (nSPS) is 13.1. The molecule has 0 N–H and O–H groups in total. The fourth-order valence-corrected chi connectivity index (χ4v) is 4.06. The Bertz CT molecular complexity index is 791. The van der Waals surface area contributed by atoms with Crippen LogP contribution in [0.4, 0.5) is 0 Å². The molecule has 2 heterocycles. The number of hydrogen-bond acceptors (Lipinski definition) is 2. The van der Waals surface area contributed by atoms with Gasteiger partial charge in [-0.2, -0.15) is 4.73 Å². The van der Waals surface area contributed by atoms with Crippen molar-refractivity contribution < 1.29 is 4.84 Å². The van der Waals surface area contributed by atoms with Crippen LogP contribution in [0.25, 0.3) is 22.2 Å². The Kier molecular flexibility index (Phi) is 2.74. The largest absolute Gasteiger partial charge is 0.413 e. The van der Waals surface area contributed by atoms with Crippen molar-refractivity contribution in [1.82, 2.24) is 4.73 Å². The molecule has 0 atom stereocenters. The van der Waals surface area contributed by atoms with Crippen LogP contribution in [0.5, 0.6) is 0 Å². The van der Waals surface area contributed by atoms with Crippen LogP contribution in [-0.2, 0) is 5.75 Å². The van der Waals surface area contributed by atoms with E-state index in [0.717, 1.165) is 11.3 Å². The van der Waals surface area contributed by atoms with E-state index in [4.69, 9.17) is 4.84 Å². The first-order valence-electron chi connectivity index (χ1n) is 6.88. The Morgan fingerprint density at radius 3 is 2.80 bits per heavy atom. The Morgan fingerprint density at radius 2 is 1.90 bits per heavy atom. The predicted molar refractivity (Wildman–Crippen MR) is 84.1 cm³/mol. The molecule has 4 rings (SSSR count). The quantitative estimate of drug-likeness (QED) is 0.692. The van der Waals surface area contributed by atoms with Crippen molar-refractivity contribution in [1.29, 1.82) is 0 Å². The fraction of sp³-hybridized carbons (Fsp3) is 0.176. The Hall–Kier alpha value is -1.87. The van der Waals surface area contributed by atoms with Crippen molar-refractivity contribution in [2.45, 2.75) is 17.6 Å². The summed E-state index contributed by atoms with van der Waals surface area (Å²) in [4.78, 5) is 7.26. The molecule has 2 aromatic carbocycles. The summed E-state index contributed by atoms with van der Waals surface area (Å²) in [6.45, 7) is 2.70. The summed E-state index contributed by atoms with van der Waals surface area (Å²) < 4.78 is 2.01. The molecule has 0 radical (unpaired) electrons. The fourth-order valence-electron chi connectivity index (χ4n) is 2.85. The molecule has 0 spiro atoms. The monoisotopic (exact) mass is 281 g/mol. The highest BCUT2D eigenvalue weighted by molar-refractivity contribution is 7.99. The minimum absolute atomic E-state index is 0.665. The van der Waals surface area contributed by atoms with Gasteiger partial charge >= 0.3 is 0 Å².